The Kier molecular flexibility index (Phi) is 59.1. The molecular weight excluding hydrogens is 1060 g/mol. The predicted octanol–water partition coefficient (Wildman–Crippen LogP) is 18.3. The summed E-state index contributed by atoms with van der Waals surface area (Å²) in [6.45, 7) is 4.28. The summed E-state index contributed by atoms with van der Waals surface area (Å²) in [6, 6.07) is -0.828. The van der Waals surface area contributed by atoms with E-state index in [1.54, 1.807) is 6.08 Å². The maximum atomic E-state index is 13.1. The molecule has 0 radical (unpaired) electrons. The van der Waals surface area contributed by atoms with E-state index in [-0.39, 0.29) is 18.5 Å². The van der Waals surface area contributed by atoms with Crippen molar-refractivity contribution in [3.8, 4) is 0 Å². The SMILES string of the molecule is CCCC/C=C\C/C=C\CCCCCCCC(=O)OCCCCCCCCCCC/C=C\C/C=C\CCCCCCCCCCCCCCCCCC(=O)NC(COC1OC(CO)C(O)C(O)C1O)C(O)/C=C/CC/C=C/CCCCCCCC. The fourth-order valence-corrected chi connectivity index (χ4v) is 10.9. The molecule has 7 unspecified atom stereocenters. The average Bonchev–Trinajstić information content (AvgIpc) is 3.49. The largest absolute Gasteiger partial charge is 0.466 e. The van der Waals surface area contributed by atoms with Crippen molar-refractivity contribution in [1.29, 1.82) is 0 Å². The van der Waals surface area contributed by atoms with Crippen LogP contribution in [0.15, 0.2) is 72.9 Å². The van der Waals surface area contributed by atoms with E-state index in [9.17, 15) is 35.1 Å². The number of ether oxygens (including phenoxy) is 3. The fourth-order valence-electron chi connectivity index (χ4n) is 10.9. The Hall–Kier alpha value is -2.90. The number of aliphatic hydroxyl groups excluding tert-OH is 5. The first-order chi connectivity index (χ1) is 41.7. The quantitative estimate of drug-likeness (QED) is 0.0195. The van der Waals surface area contributed by atoms with E-state index < -0.39 is 49.5 Å². The molecular formula is C74H133NO10. The maximum Gasteiger partial charge on any atom is 0.305 e. The Morgan fingerprint density at radius 3 is 1.27 bits per heavy atom. The lowest BCUT2D eigenvalue weighted by Crippen LogP contribution is -2.60. The molecule has 6 N–H and O–H groups in total. The van der Waals surface area contributed by atoms with Crippen LogP contribution in [0.5, 0.6) is 0 Å². The minimum absolute atomic E-state index is 0.0102. The van der Waals surface area contributed by atoms with Gasteiger partial charge in [-0.1, -0.05) is 279 Å². The monoisotopic (exact) mass is 1200 g/mol. The summed E-state index contributed by atoms with van der Waals surface area (Å²) in [4.78, 5) is 25.1. The molecule has 1 saturated heterocycles. The molecule has 0 aliphatic carbocycles. The third kappa shape index (κ3) is 51.7. The number of carbonyl (C=O) groups excluding carboxylic acids is 2. The summed E-state index contributed by atoms with van der Waals surface area (Å²) in [5.74, 6) is -0.202. The normalized spacial score (nSPS) is 18.4. The second-order valence-corrected chi connectivity index (χ2v) is 24.6. The summed E-state index contributed by atoms with van der Waals surface area (Å²) in [5, 5.41) is 54.4. The molecule has 7 atom stereocenters. The van der Waals surface area contributed by atoms with Gasteiger partial charge in [-0.2, -0.15) is 0 Å². The van der Waals surface area contributed by atoms with Gasteiger partial charge in [0.15, 0.2) is 6.29 Å². The van der Waals surface area contributed by atoms with Gasteiger partial charge in [0, 0.05) is 12.8 Å². The zero-order chi connectivity index (χ0) is 61.6. The highest BCUT2D eigenvalue weighted by Crippen LogP contribution is 2.23. The number of rotatable bonds is 62. The molecule has 11 heteroatoms. The molecule has 0 spiro atoms. The van der Waals surface area contributed by atoms with Crippen LogP contribution in [0.25, 0.3) is 0 Å². The average molecular weight is 1200 g/mol. The number of nitrogens with one attached hydrogen (secondary N) is 1. The van der Waals surface area contributed by atoms with Crippen molar-refractivity contribution in [2.45, 2.75) is 365 Å². The number of hydrogen-bond donors (Lipinski definition) is 6. The van der Waals surface area contributed by atoms with E-state index in [2.05, 4.69) is 79.9 Å². The van der Waals surface area contributed by atoms with Gasteiger partial charge < -0.3 is 45.1 Å². The van der Waals surface area contributed by atoms with Crippen LogP contribution >= 0.6 is 0 Å². The molecule has 1 aliphatic heterocycles. The van der Waals surface area contributed by atoms with Gasteiger partial charge in [-0.25, -0.2) is 0 Å². The summed E-state index contributed by atoms with van der Waals surface area (Å²) < 4.78 is 16.7. The number of allylic oxidation sites excluding steroid dienone is 11. The van der Waals surface area contributed by atoms with Crippen molar-refractivity contribution in [2.24, 2.45) is 0 Å². The summed E-state index contributed by atoms with van der Waals surface area (Å²) in [5.41, 5.74) is 0. The number of esters is 1. The van der Waals surface area contributed by atoms with Gasteiger partial charge in [0.25, 0.3) is 0 Å². The lowest BCUT2D eigenvalue weighted by molar-refractivity contribution is -0.302. The van der Waals surface area contributed by atoms with Crippen LogP contribution in [-0.2, 0) is 23.8 Å². The molecule has 494 valence electrons. The van der Waals surface area contributed by atoms with Crippen molar-refractivity contribution in [3.05, 3.63) is 72.9 Å². The highest BCUT2D eigenvalue weighted by molar-refractivity contribution is 5.76. The number of hydrogen-bond acceptors (Lipinski definition) is 10. The van der Waals surface area contributed by atoms with Crippen LogP contribution in [0.1, 0.15) is 322 Å². The highest BCUT2D eigenvalue weighted by Gasteiger charge is 2.44. The van der Waals surface area contributed by atoms with Crippen molar-refractivity contribution in [3.63, 3.8) is 0 Å². The van der Waals surface area contributed by atoms with Gasteiger partial charge in [0.05, 0.1) is 32.0 Å². The third-order valence-corrected chi connectivity index (χ3v) is 16.5. The van der Waals surface area contributed by atoms with Gasteiger partial charge in [0.1, 0.15) is 24.4 Å². The van der Waals surface area contributed by atoms with Crippen LogP contribution in [0.4, 0.5) is 0 Å². The van der Waals surface area contributed by atoms with Crippen molar-refractivity contribution >= 4 is 11.9 Å². The lowest BCUT2D eigenvalue weighted by Gasteiger charge is -2.40. The van der Waals surface area contributed by atoms with E-state index in [0.717, 1.165) is 70.6 Å². The highest BCUT2D eigenvalue weighted by atomic mass is 16.7. The summed E-state index contributed by atoms with van der Waals surface area (Å²) >= 11 is 0. The molecule has 0 aromatic heterocycles. The first-order valence-electron chi connectivity index (χ1n) is 35.7. The van der Waals surface area contributed by atoms with Gasteiger partial charge in [0.2, 0.25) is 5.91 Å². The van der Waals surface area contributed by atoms with Crippen molar-refractivity contribution < 1.29 is 49.3 Å². The third-order valence-electron chi connectivity index (χ3n) is 16.5. The van der Waals surface area contributed by atoms with E-state index in [1.165, 1.54) is 225 Å². The molecule has 85 heavy (non-hydrogen) atoms. The summed E-state index contributed by atoms with van der Waals surface area (Å²) in [6.07, 6.45) is 74.7. The van der Waals surface area contributed by atoms with E-state index in [0.29, 0.717) is 19.4 Å². The molecule has 11 nitrogen and oxygen atoms in total. The predicted molar refractivity (Wildman–Crippen MR) is 356 cm³/mol. The topological polar surface area (TPSA) is 175 Å². The Morgan fingerprint density at radius 1 is 0.435 bits per heavy atom. The fraction of sp³-hybridized carbons (Fsp3) is 0.811. The van der Waals surface area contributed by atoms with Crippen molar-refractivity contribution in [1.82, 2.24) is 5.32 Å². The number of amides is 1. The Morgan fingerprint density at radius 2 is 0.812 bits per heavy atom. The second kappa shape index (κ2) is 62.7. The maximum absolute atomic E-state index is 13.1. The Labute approximate surface area is 521 Å². The zero-order valence-corrected chi connectivity index (χ0v) is 54.8. The Bertz CT molecular complexity index is 1640. The van der Waals surface area contributed by atoms with E-state index in [1.807, 2.05) is 6.08 Å². The van der Waals surface area contributed by atoms with Crippen LogP contribution in [0.2, 0.25) is 0 Å². The number of unbranched alkanes of at least 4 members (excludes halogenated alkanes) is 38. The molecule has 1 aliphatic rings. The van der Waals surface area contributed by atoms with E-state index >= 15 is 0 Å². The Balaban J connectivity index is 1.97. The zero-order valence-electron chi connectivity index (χ0n) is 54.8. The molecule has 1 rings (SSSR count). The first-order valence-corrected chi connectivity index (χ1v) is 35.7. The molecule has 1 heterocycles. The van der Waals surface area contributed by atoms with Gasteiger partial charge in [-0.15, -0.1) is 0 Å². The molecule has 1 amide bonds. The standard InChI is InChI=1S/C74H133NO10/c1-3-5-7-9-11-13-15-17-38-42-46-50-54-58-62-70(79)83-63-59-55-51-47-43-39-36-34-32-30-28-26-24-22-20-18-19-21-23-25-27-29-31-33-35-37-41-45-49-53-57-61-69(78)75-66(65-84-74-73(82)72(81)71(80)68(64-76)85-74)67(77)60-56-52-48-44-40-16-14-12-10-8-6-4-2/h9,11,15,17,20,22,26,28,40,44,56,60,66-68,71-74,76-77,80-82H,3-8,10,12-14,16,18-19,21,23-25,27,29-39,41-43,45-55,57-59,61-65H2,1-2H3,(H,75,78)/b11-9-,17-15-,22-20-,28-26-,44-40+,60-56+. The molecule has 0 bridgehead atoms. The summed E-state index contributed by atoms with van der Waals surface area (Å²) in [7, 11) is 0. The minimum Gasteiger partial charge on any atom is -0.466 e. The lowest BCUT2D eigenvalue weighted by atomic mass is 9.99. The first kappa shape index (κ1) is 80.1. The number of aliphatic hydroxyl groups is 5. The minimum atomic E-state index is -1.58. The molecule has 0 saturated carbocycles. The molecule has 0 aromatic carbocycles. The van der Waals surface area contributed by atoms with Crippen LogP contribution in [-0.4, -0.2) is 100 Å². The molecule has 1 fully saturated rings. The van der Waals surface area contributed by atoms with Gasteiger partial charge in [-0.3, -0.25) is 9.59 Å². The second-order valence-electron chi connectivity index (χ2n) is 24.6. The van der Waals surface area contributed by atoms with E-state index in [4.69, 9.17) is 14.2 Å². The van der Waals surface area contributed by atoms with Gasteiger partial charge >= 0.3 is 5.97 Å². The van der Waals surface area contributed by atoms with Crippen LogP contribution in [0.3, 0.4) is 0 Å². The molecule has 0 aromatic rings. The van der Waals surface area contributed by atoms with Crippen LogP contribution in [0, 0.1) is 0 Å². The number of carbonyl (C=O) groups is 2. The van der Waals surface area contributed by atoms with Crippen molar-refractivity contribution in [2.75, 3.05) is 19.8 Å². The van der Waals surface area contributed by atoms with Gasteiger partial charge in [-0.05, 0) is 103 Å². The smallest absolute Gasteiger partial charge is 0.305 e. The van der Waals surface area contributed by atoms with Crippen LogP contribution < -0.4 is 5.32 Å².